The van der Waals surface area contributed by atoms with E-state index in [0.29, 0.717) is 18.8 Å². The average Bonchev–Trinajstić information content (AvgIpc) is 2.95. The van der Waals surface area contributed by atoms with Crippen LogP contribution >= 0.6 is 0 Å². The Morgan fingerprint density at radius 1 is 1.62 bits per heavy atom. The molecule has 6 nitrogen and oxygen atoms in total. The second kappa shape index (κ2) is 5.60. The summed E-state index contributed by atoms with van der Waals surface area (Å²) in [6.45, 7) is 2.18. The summed E-state index contributed by atoms with van der Waals surface area (Å²) in [6.07, 6.45) is 4.85. The maximum Gasteiger partial charge on any atom is 0.273 e. The van der Waals surface area contributed by atoms with E-state index < -0.39 is 0 Å². The molecular formula is C10H16N4O2. The molecule has 0 aromatic carbocycles. The van der Waals surface area contributed by atoms with Gasteiger partial charge in [0, 0.05) is 19.8 Å². The number of amides is 1. The van der Waals surface area contributed by atoms with Crippen molar-refractivity contribution in [3.8, 4) is 0 Å². The molecule has 1 saturated carbocycles. The van der Waals surface area contributed by atoms with E-state index in [9.17, 15) is 4.79 Å². The van der Waals surface area contributed by atoms with Crippen molar-refractivity contribution in [2.45, 2.75) is 19.3 Å². The summed E-state index contributed by atoms with van der Waals surface area (Å²) in [5.41, 5.74) is 0.318. The second-order valence-electron chi connectivity index (χ2n) is 3.98. The van der Waals surface area contributed by atoms with Gasteiger partial charge < -0.3 is 10.1 Å². The number of rotatable bonds is 7. The highest BCUT2D eigenvalue weighted by atomic mass is 16.5. The van der Waals surface area contributed by atoms with E-state index in [0.717, 1.165) is 18.9 Å². The van der Waals surface area contributed by atoms with Crippen LogP contribution in [0.25, 0.3) is 0 Å². The quantitative estimate of drug-likeness (QED) is 0.655. The van der Waals surface area contributed by atoms with Crippen molar-refractivity contribution in [3.63, 3.8) is 0 Å². The molecular weight excluding hydrogens is 208 g/mol. The SMILES string of the molecule is O=C(NCCCOCC1CC1)c1cn[nH]n1. The third-order valence-electron chi connectivity index (χ3n) is 2.45. The van der Waals surface area contributed by atoms with Crippen LogP contribution in [0.5, 0.6) is 0 Å². The molecule has 1 amide bonds. The van der Waals surface area contributed by atoms with E-state index in [4.69, 9.17) is 4.74 Å². The molecule has 0 unspecified atom stereocenters. The van der Waals surface area contributed by atoms with E-state index in [1.165, 1.54) is 19.0 Å². The molecule has 1 heterocycles. The fourth-order valence-electron chi connectivity index (χ4n) is 1.31. The Morgan fingerprint density at radius 2 is 2.50 bits per heavy atom. The van der Waals surface area contributed by atoms with Crippen LogP contribution in [0.2, 0.25) is 0 Å². The van der Waals surface area contributed by atoms with E-state index in [1.807, 2.05) is 0 Å². The lowest BCUT2D eigenvalue weighted by molar-refractivity contribution is 0.0932. The molecule has 0 radical (unpaired) electrons. The third-order valence-corrected chi connectivity index (χ3v) is 2.45. The van der Waals surface area contributed by atoms with Crippen molar-refractivity contribution in [2.24, 2.45) is 5.92 Å². The summed E-state index contributed by atoms with van der Waals surface area (Å²) in [5, 5.41) is 12.4. The van der Waals surface area contributed by atoms with Crippen molar-refractivity contribution in [3.05, 3.63) is 11.9 Å². The molecule has 88 valence electrons. The minimum absolute atomic E-state index is 0.198. The number of hydrogen-bond acceptors (Lipinski definition) is 4. The number of H-pyrrole nitrogens is 1. The normalized spacial score (nSPS) is 15.0. The van der Waals surface area contributed by atoms with Crippen LogP contribution in [0.1, 0.15) is 29.8 Å². The Hall–Kier alpha value is -1.43. The largest absolute Gasteiger partial charge is 0.381 e. The first-order chi connectivity index (χ1) is 7.86. The number of nitrogens with zero attached hydrogens (tertiary/aromatic N) is 2. The lowest BCUT2D eigenvalue weighted by atomic mass is 10.4. The van der Waals surface area contributed by atoms with Crippen molar-refractivity contribution >= 4 is 5.91 Å². The van der Waals surface area contributed by atoms with Crippen molar-refractivity contribution in [2.75, 3.05) is 19.8 Å². The number of nitrogens with one attached hydrogen (secondary N) is 2. The van der Waals surface area contributed by atoms with Gasteiger partial charge in [-0.05, 0) is 25.2 Å². The van der Waals surface area contributed by atoms with Gasteiger partial charge in [-0.2, -0.15) is 15.4 Å². The van der Waals surface area contributed by atoms with Gasteiger partial charge in [-0.25, -0.2) is 0 Å². The predicted molar refractivity (Wildman–Crippen MR) is 56.9 cm³/mol. The lowest BCUT2D eigenvalue weighted by Gasteiger charge is -2.04. The highest BCUT2D eigenvalue weighted by Gasteiger charge is 2.20. The molecule has 16 heavy (non-hydrogen) atoms. The smallest absolute Gasteiger partial charge is 0.273 e. The first-order valence-electron chi connectivity index (χ1n) is 5.58. The zero-order valence-electron chi connectivity index (χ0n) is 9.11. The van der Waals surface area contributed by atoms with Gasteiger partial charge >= 0.3 is 0 Å². The van der Waals surface area contributed by atoms with Gasteiger partial charge in [0.15, 0.2) is 5.69 Å². The number of aromatic amines is 1. The molecule has 2 rings (SSSR count). The minimum Gasteiger partial charge on any atom is -0.381 e. The van der Waals surface area contributed by atoms with Gasteiger partial charge in [-0.15, -0.1) is 0 Å². The Morgan fingerprint density at radius 3 is 3.19 bits per heavy atom. The molecule has 0 atom stereocenters. The van der Waals surface area contributed by atoms with Gasteiger partial charge in [0.2, 0.25) is 0 Å². The molecule has 0 spiro atoms. The molecule has 0 bridgehead atoms. The fraction of sp³-hybridized carbons (Fsp3) is 0.700. The Labute approximate surface area is 93.8 Å². The Balaban J connectivity index is 1.49. The van der Waals surface area contributed by atoms with Crippen LogP contribution in [0.3, 0.4) is 0 Å². The fourth-order valence-corrected chi connectivity index (χ4v) is 1.31. The summed E-state index contributed by atoms with van der Waals surface area (Å²) >= 11 is 0. The van der Waals surface area contributed by atoms with Crippen molar-refractivity contribution in [1.82, 2.24) is 20.7 Å². The average molecular weight is 224 g/mol. The van der Waals surface area contributed by atoms with Crippen LogP contribution < -0.4 is 5.32 Å². The highest BCUT2D eigenvalue weighted by molar-refractivity contribution is 5.91. The molecule has 1 aromatic heterocycles. The maximum absolute atomic E-state index is 11.4. The van der Waals surface area contributed by atoms with Crippen LogP contribution in [0, 0.1) is 5.92 Å². The lowest BCUT2D eigenvalue weighted by Crippen LogP contribution is -2.25. The van der Waals surface area contributed by atoms with E-state index in [-0.39, 0.29) is 5.91 Å². The topological polar surface area (TPSA) is 79.9 Å². The van der Waals surface area contributed by atoms with E-state index in [2.05, 4.69) is 20.7 Å². The second-order valence-corrected chi connectivity index (χ2v) is 3.98. The Bertz CT molecular complexity index is 322. The maximum atomic E-state index is 11.4. The highest BCUT2D eigenvalue weighted by Crippen LogP contribution is 2.28. The number of carbonyl (C=O) groups is 1. The van der Waals surface area contributed by atoms with Crippen molar-refractivity contribution in [1.29, 1.82) is 0 Å². The van der Waals surface area contributed by atoms with Crippen LogP contribution in [-0.4, -0.2) is 41.1 Å². The minimum atomic E-state index is -0.198. The van der Waals surface area contributed by atoms with Gasteiger partial charge in [0.05, 0.1) is 6.20 Å². The van der Waals surface area contributed by atoms with Gasteiger partial charge in [-0.1, -0.05) is 0 Å². The predicted octanol–water partition coefficient (Wildman–Crippen LogP) is 0.351. The summed E-state index contributed by atoms with van der Waals surface area (Å²) in [4.78, 5) is 11.4. The molecule has 2 N–H and O–H groups in total. The van der Waals surface area contributed by atoms with Crippen LogP contribution in [0.4, 0.5) is 0 Å². The third kappa shape index (κ3) is 3.62. The molecule has 0 aliphatic heterocycles. The zero-order chi connectivity index (χ0) is 11.2. The van der Waals surface area contributed by atoms with Gasteiger partial charge in [-0.3, -0.25) is 4.79 Å². The number of ether oxygens (including phenoxy) is 1. The first kappa shape index (κ1) is 11.1. The molecule has 0 saturated heterocycles. The standard InChI is InChI=1S/C10H16N4O2/c15-10(9-6-12-14-13-9)11-4-1-5-16-7-8-2-3-8/h6,8H,1-5,7H2,(H,11,15)(H,12,13,14). The first-order valence-corrected chi connectivity index (χ1v) is 5.58. The number of hydrogen-bond donors (Lipinski definition) is 2. The van der Waals surface area contributed by atoms with Gasteiger partial charge in [0.25, 0.3) is 5.91 Å². The summed E-state index contributed by atoms with van der Waals surface area (Å²) in [6, 6.07) is 0. The number of carbonyl (C=O) groups excluding carboxylic acids is 1. The van der Waals surface area contributed by atoms with E-state index >= 15 is 0 Å². The van der Waals surface area contributed by atoms with E-state index in [1.54, 1.807) is 0 Å². The summed E-state index contributed by atoms with van der Waals surface area (Å²) in [5.74, 6) is 0.598. The summed E-state index contributed by atoms with van der Waals surface area (Å²) < 4.78 is 5.44. The zero-order valence-corrected chi connectivity index (χ0v) is 9.11. The van der Waals surface area contributed by atoms with Crippen LogP contribution in [0.15, 0.2) is 6.20 Å². The molecule has 1 aliphatic carbocycles. The van der Waals surface area contributed by atoms with Crippen LogP contribution in [-0.2, 0) is 4.74 Å². The Kier molecular flexibility index (Phi) is 3.87. The van der Waals surface area contributed by atoms with Gasteiger partial charge in [0.1, 0.15) is 0 Å². The summed E-state index contributed by atoms with van der Waals surface area (Å²) in [7, 11) is 0. The number of aromatic nitrogens is 3. The molecule has 1 aromatic rings. The molecule has 1 fully saturated rings. The monoisotopic (exact) mass is 224 g/mol. The molecule has 6 heteroatoms. The van der Waals surface area contributed by atoms with Crippen molar-refractivity contribution < 1.29 is 9.53 Å². The molecule has 1 aliphatic rings.